The molecule has 0 aliphatic rings. The van der Waals surface area contributed by atoms with E-state index in [1.165, 1.54) is 0 Å². The first-order chi connectivity index (χ1) is 13.0. The number of benzene rings is 1. The highest BCUT2D eigenvalue weighted by molar-refractivity contribution is 6.04. The van der Waals surface area contributed by atoms with Crippen molar-refractivity contribution in [2.24, 2.45) is 0 Å². The molecule has 8 heteroatoms. The lowest BCUT2D eigenvalue weighted by atomic mass is 10.1. The largest absolute Gasteiger partial charge is 0.504 e. The van der Waals surface area contributed by atoms with E-state index in [1.807, 2.05) is 0 Å². The van der Waals surface area contributed by atoms with Crippen LogP contribution in [0.15, 0.2) is 36.4 Å². The summed E-state index contributed by atoms with van der Waals surface area (Å²) < 4.78 is 4.75. The van der Waals surface area contributed by atoms with E-state index < -0.39 is 23.4 Å². The molecule has 0 radical (unpaired) electrons. The average Bonchev–Trinajstić information content (AvgIpc) is 2.68. The zero-order valence-electron chi connectivity index (χ0n) is 14.6. The number of rotatable bonds is 7. The number of nitrogens with zero attached hydrogens (tertiary/aromatic N) is 2. The summed E-state index contributed by atoms with van der Waals surface area (Å²) in [5, 5.41) is 21.7. The fourth-order valence-electron chi connectivity index (χ4n) is 2.23. The summed E-state index contributed by atoms with van der Waals surface area (Å²) in [5.74, 6) is -2.34. The zero-order chi connectivity index (χ0) is 19.8. The number of esters is 1. The number of ether oxygens (including phenoxy) is 1. The van der Waals surface area contributed by atoms with Crippen LogP contribution in [0.3, 0.4) is 0 Å². The molecule has 2 N–H and O–H groups in total. The number of carbonyl (C=O) groups is 3. The number of pyridine rings is 1. The summed E-state index contributed by atoms with van der Waals surface area (Å²) in [5.41, 5.74) is -0.240. The Morgan fingerprint density at radius 2 is 1.93 bits per heavy atom. The summed E-state index contributed by atoms with van der Waals surface area (Å²) in [6.07, 6.45) is -0.434. The second-order valence-electron chi connectivity index (χ2n) is 5.41. The summed E-state index contributed by atoms with van der Waals surface area (Å²) >= 11 is 0. The van der Waals surface area contributed by atoms with Gasteiger partial charge in [-0.3, -0.25) is 14.4 Å². The highest BCUT2D eigenvalue weighted by Gasteiger charge is 2.20. The first-order valence-corrected chi connectivity index (χ1v) is 8.15. The molecule has 27 heavy (non-hydrogen) atoms. The minimum absolute atomic E-state index is 0.0577. The fraction of sp³-hybridized carbons (Fsp3) is 0.211. The minimum atomic E-state index is -0.645. The molecule has 0 fully saturated rings. The minimum Gasteiger partial charge on any atom is -0.504 e. The molecule has 2 rings (SSSR count). The second kappa shape index (κ2) is 9.10. The molecule has 1 amide bonds. The van der Waals surface area contributed by atoms with Gasteiger partial charge in [0.05, 0.1) is 18.6 Å². The molecule has 0 aliphatic heterocycles. The molecular formula is C19H17N3O5. The first kappa shape index (κ1) is 19.6. The number of hydrogen-bond donors (Lipinski definition) is 2. The Labute approximate surface area is 155 Å². The van der Waals surface area contributed by atoms with Crippen LogP contribution in [0.1, 0.15) is 46.2 Å². The first-order valence-electron chi connectivity index (χ1n) is 8.15. The van der Waals surface area contributed by atoms with Gasteiger partial charge in [0.2, 0.25) is 0 Å². The number of Topliss-reactive ketones (excluding diaryl/α,β-unsaturated/α-hetero) is 1. The van der Waals surface area contributed by atoms with Crippen LogP contribution in [0.2, 0.25) is 0 Å². The van der Waals surface area contributed by atoms with Gasteiger partial charge in [-0.25, -0.2) is 4.98 Å². The Balaban J connectivity index is 2.24. The maximum Gasteiger partial charge on any atom is 0.306 e. The number of amides is 1. The predicted molar refractivity (Wildman–Crippen MR) is 95.2 cm³/mol. The van der Waals surface area contributed by atoms with Crippen molar-refractivity contribution < 1.29 is 24.2 Å². The molecule has 0 saturated heterocycles. The molecule has 1 aromatic heterocycles. The molecule has 1 aromatic carbocycles. The van der Waals surface area contributed by atoms with Gasteiger partial charge < -0.3 is 15.2 Å². The van der Waals surface area contributed by atoms with Crippen molar-refractivity contribution in [3.8, 4) is 11.8 Å². The third-order valence-corrected chi connectivity index (χ3v) is 3.52. The van der Waals surface area contributed by atoms with Gasteiger partial charge in [-0.15, -0.1) is 0 Å². The number of nitriles is 1. The van der Waals surface area contributed by atoms with Gasteiger partial charge in [-0.2, -0.15) is 5.26 Å². The lowest BCUT2D eigenvalue weighted by Crippen LogP contribution is -2.15. The fourth-order valence-corrected chi connectivity index (χ4v) is 2.23. The average molecular weight is 367 g/mol. The normalized spacial score (nSPS) is 9.93. The topological polar surface area (TPSA) is 129 Å². The van der Waals surface area contributed by atoms with Crippen LogP contribution >= 0.6 is 0 Å². The number of carbonyl (C=O) groups excluding carboxylic acids is 3. The van der Waals surface area contributed by atoms with Gasteiger partial charge in [-0.1, -0.05) is 18.2 Å². The Morgan fingerprint density at radius 1 is 1.22 bits per heavy atom. The summed E-state index contributed by atoms with van der Waals surface area (Å²) in [6.45, 7) is 1.83. The highest BCUT2D eigenvalue weighted by Crippen LogP contribution is 2.25. The van der Waals surface area contributed by atoms with Crippen molar-refractivity contribution in [2.45, 2.75) is 19.8 Å². The number of ketones is 1. The van der Waals surface area contributed by atoms with Gasteiger partial charge >= 0.3 is 5.97 Å². The maximum atomic E-state index is 12.3. The highest BCUT2D eigenvalue weighted by atomic mass is 16.5. The van der Waals surface area contributed by atoms with Crippen LogP contribution in [0.4, 0.5) is 5.82 Å². The van der Waals surface area contributed by atoms with Gasteiger partial charge in [-0.05, 0) is 19.1 Å². The van der Waals surface area contributed by atoms with E-state index in [0.717, 1.165) is 6.07 Å². The van der Waals surface area contributed by atoms with Crippen molar-refractivity contribution in [3.05, 3.63) is 53.2 Å². The van der Waals surface area contributed by atoms with Crippen molar-refractivity contribution >= 4 is 23.5 Å². The quantitative estimate of drug-likeness (QED) is 0.568. The Bertz CT molecular complexity index is 904. The van der Waals surface area contributed by atoms with Crippen molar-refractivity contribution in [1.29, 1.82) is 5.26 Å². The Kier molecular flexibility index (Phi) is 6.61. The van der Waals surface area contributed by atoms with E-state index in [9.17, 15) is 19.5 Å². The molecule has 0 spiro atoms. The third kappa shape index (κ3) is 5.12. The van der Waals surface area contributed by atoms with Crippen LogP contribution in [-0.4, -0.2) is 34.4 Å². The van der Waals surface area contributed by atoms with Crippen molar-refractivity contribution in [2.75, 3.05) is 11.9 Å². The number of aromatic hydroxyl groups is 1. The molecule has 138 valence electrons. The number of anilines is 1. The molecule has 8 nitrogen and oxygen atoms in total. The number of nitrogens with one attached hydrogen (secondary N) is 1. The number of hydrogen-bond acceptors (Lipinski definition) is 7. The van der Waals surface area contributed by atoms with Crippen molar-refractivity contribution in [1.82, 2.24) is 4.98 Å². The van der Waals surface area contributed by atoms with E-state index in [0.29, 0.717) is 5.56 Å². The predicted octanol–water partition coefficient (Wildman–Crippen LogP) is 2.44. The van der Waals surface area contributed by atoms with E-state index in [1.54, 1.807) is 43.3 Å². The second-order valence-corrected chi connectivity index (χ2v) is 5.41. The van der Waals surface area contributed by atoms with Gasteiger partial charge in [0.1, 0.15) is 11.9 Å². The SMILES string of the molecule is CCOC(=O)CCC(=O)c1nc(NC(=O)c2ccccc2)cc(C#N)c1O. The molecule has 0 saturated carbocycles. The lowest BCUT2D eigenvalue weighted by Gasteiger charge is -2.09. The van der Waals surface area contributed by atoms with Crippen LogP contribution in [0, 0.1) is 11.3 Å². The lowest BCUT2D eigenvalue weighted by molar-refractivity contribution is -0.143. The Hall–Kier alpha value is -3.73. The van der Waals surface area contributed by atoms with E-state index in [-0.39, 0.29) is 36.5 Å². The number of aromatic nitrogens is 1. The molecule has 0 aliphatic carbocycles. The molecule has 0 bridgehead atoms. The molecular weight excluding hydrogens is 350 g/mol. The third-order valence-electron chi connectivity index (χ3n) is 3.52. The summed E-state index contributed by atoms with van der Waals surface area (Å²) in [6, 6.07) is 11.2. The van der Waals surface area contributed by atoms with Crippen LogP contribution in [-0.2, 0) is 9.53 Å². The van der Waals surface area contributed by atoms with E-state index in [2.05, 4.69) is 10.3 Å². The smallest absolute Gasteiger partial charge is 0.306 e. The van der Waals surface area contributed by atoms with Crippen LogP contribution < -0.4 is 5.32 Å². The van der Waals surface area contributed by atoms with Crippen LogP contribution in [0.25, 0.3) is 0 Å². The van der Waals surface area contributed by atoms with Gasteiger partial charge in [0.15, 0.2) is 17.2 Å². The van der Waals surface area contributed by atoms with Gasteiger partial charge in [0, 0.05) is 18.1 Å². The molecule has 0 atom stereocenters. The van der Waals surface area contributed by atoms with Crippen LogP contribution in [0.5, 0.6) is 5.75 Å². The van der Waals surface area contributed by atoms with Gasteiger partial charge in [0.25, 0.3) is 5.91 Å². The monoisotopic (exact) mass is 367 g/mol. The van der Waals surface area contributed by atoms with E-state index in [4.69, 9.17) is 10.00 Å². The molecule has 0 unspecified atom stereocenters. The Morgan fingerprint density at radius 3 is 2.56 bits per heavy atom. The zero-order valence-corrected chi connectivity index (χ0v) is 14.6. The molecule has 1 heterocycles. The van der Waals surface area contributed by atoms with E-state index >= 15 is 0 Å². The summed E-state index contributed by atoms with van der Waals surface area (Å²) in [7, 11) is 0. The maximum absolute atomic E-state index is 12.3. The molecule has 2 aromatic rings. The standard InChI is InChI=1S/C19H17N3O5/c1-2-27-16(24)9-8-14(23)17-18(25)13(11-20)10-15(21-17)22-19(26)12-6-4-3-5-7-12/h3-7,10,25H,2,8-9H2,1H3,(H,21,22,26). The summed E-state index contributed by atoms with van der Waals surface area (Å²) in [4.78, 5) is 39.8. The van der Waals surface area contributed by atoms with Crippen molar-refractivity contribution in [3.63, 3.8) is 0 Å².